The Balaban J connectivity index is 0.000000391. The summed E-state index contributed by atoms with van der Waals surface area (Å²) >= 11 is 11.7. The Labute approximate surface area is 249 Å². The monoisotopic (exact) mass is 597 g/mol. The number of anilines is 1. The summed E-state index contributed by atoms with van der Waals surface area (Å²) < 4.78 is 13.6. The molecule has 7 nitrogen and oxygen atoms in total. The summed E-state index contributed by atoms with van der Waals surface area (Å²) in [5, 5.41) is 9.14. The molecule has 0 aromatic heterocycles. The second-order valence-electron chi connectivity index (χ2n) is 11.5. The first kappa shape index (κ1) is 35.8. The maximum atomic E-state index is 13.6. The maximum Gasteiger partial charge on any atom is 0.211 e. The zero-order valence-electron chi connectivity index (χ0n) is 24.7. The number of hydrogen-bond acceptors (Lipinski definition) is 5. The first-order valence-corrected chi connectivity index (χ1v) is 14.3. The normalized spacial score (nSPS) is 14.6. The van der Waals surface area contributed by atoms with Crippen LogP contribution < -0.4 is 16.0 Å². The van der Waals surface area contributed by atoms with Crippen LogP contribution in [-0.2, 0) is 16.1 Å². The van der Waals surface area contributed by atoms with Crippen molar-refractivity contribution in [2.45, 2.75) is 47.1 Å². The Morgan fingerprint density at radius 2 is 1.68 bits per heavy atom. The zero-order chi connectivity index (χ0) is 30.1. The van der Waals surface area contributed by atoms with Crippen LogP contribution in [0.15, 0.2) is 36.4 Å². The molecule has 1 unspecified atom stereocenters. The lowest BCUT2D eigenvalue weighted by Crippen LogP contribution is -2.46. The maximum absolute atomic E-state index is 13.6. The number of amides is 2. The van der Waals surface area contributed by atoms with E-state index < -0.39 is 5.82 Å². The fraction of sp³-hybridized carbons (Fsp3) is 0.533. The molecular weight excluding hydrogens is 552 g/mol. The van der Waals surface area contributed by atoms with Crippen molar-refractivity contribution in [3.8, 4) is 0 Å². The van der Waals surface area contributed by atoms with Gasteiger partial charge in [-0.25, -0.2) is 4.39 Å². The summed E-state index contributed by atoms with van der Waals surface area (Å²) in [5.74, 6) is -0.267. The van der Waals surface area contributed by atoms with Crippen molar-refractivity contribution in [1.82, 2.24) is 20.4 Å². The van der Waals surface area contributed by atoms with E-state index in [9.17, 15) is 14.0 Å². The van der Waals surface area contributed by atoms with Crippen LogP contribution in [0.25, 0.3) is 0 Å². The number of benzene rings is 2. The van der Waals surface area contributed by atoms with E-state index in [1.54, 1.807) is 0 Å². The number of halogens is 3. The van der Waals surface area contributed by atoms with Gasteiger partial charge in [0.2, 0.25) is 12.8 Å². The molecule has 1 aliphatic heterocycles. The number of nitrogens with one attached hydrogen (secondary N) is 3. The number of rotatable bonds is 11. The predicted molar refractivity (Wildman–Crippen MR) is 166 cm³/mol. The third-order valence-electron chi connectivity index (χ3n) is 5.80. The molecule has 40 heavy (non-hydrogen) atoms. The van der Waals surface area contributed by atoms with Gasteiger partial charge in [0, 0.05) is 63.1 Å². The second kappa shape index (κ2) is 19.0. The molecule has 0 spiro atoms. The van der Waals surface area contributed by atoms with Gasteiger partial charge in [0.15, 0.2) is 0 Å². The number of likely N-dealkylation sites (N-methyl/N-ethyl adjacent to an activating group) is 1. The van der Waals surface area contributed by atoms with Gasteiger partial charge in [-0.2, -0.15) is 0 Å². The molecule has 1 fully saturated rings. The van der Waals surface area contributed by atoms with Gasteiger partial charge >= 0.3 is 0 Å². The molecular formula is C30H46Cl2FN5O2. The first-order chi connectivity index (χ1) is 18.8. The Kier molecular flexibility index (Phi) is 17.0. The zero-order valence-corrected chi connectivity index (χ0v) is 26.2. The quantitative estimate of drug-likeness (QED) is 0.231. The minimum absolute atomic E-state index is 0.0228. The molecule has 0 aliphatic carbocycles. The number of carbonyl (C=O) groups is 2. The van der Waals surface area contributed by atoms with Crippen molar-refractivity contribution < 1.29 is 14.0 Å². The molecule has 0 saturated carbocycles. The van der Waals surface area contributed by atoms with Crippen LogP contribution in [-0.4, -0.2) is 75.5 Å². The Morgan fingerprint density at radius 1 is 1.02 bits per heavy atom. The smallest absolute Gasteiger partial charge is 0.211 e. The Morgan fingerprint density at radius 3 is 2.25 bits per heavy atom. The van der Waals surface area contributed by atoms with Crippen molar-refractivity contribution in [1.29, 1.82) is 0 Å². The SMILES string of the molecule is CC(C)(C)C.CC(CNCc1cc(F)c(Cl)cc1NC=O)c1cccc(Cl)c1.CN1CCN(CCNC=O)CC1. The lowest BCUT2D eigenvalue weighted by atomic mass is 10.0. The summed E-state index contributed by atoms with van der Waals surface area (Å²) in [6.07, 6.45) is 1.30. The highest BCUT2D eigenvalue weighted by molar-refractivity contribution is 6.31. The van der Waals surface area contributed by atoms with Gasteiger partial charge in [-0.15, -0.1) is 0 Å². The van der Waals surface area contributed by atoms with Crippen molar-refractivity contribution in [2.24, 2.45) is 5.41 Å². The van der Waals surface area contributed by atoms with Gasteiger partial charge < -0.3 is 20.9 Å². The van der Waals surface area contributed by atoms with E-state index in [4.69, 9.17) is 23.2 Å². The molecule has 10 heteroatoms. The van der Waals surface area contributed by atoms with Crippen LogP contribution in [0, 0.1) is 11.2 Å². The molecule has 1 heterocycles. The predicted octanol–water partition coefficient (Wildman–Crippen LogP) is 5.63. The molecule has 2 amide bonds. The number of hydrogen-bond donors (Lipinski definition) is 3. The van der Waals surface area contributed by atoms with Crippen LogP contribution in [0.2, 0.25) is 10.0 Å². The molecule has 3 N–H and O–H groups in total. The molecule has 1 aliphatic rings. The third kappa shape index (κ3) is 16.1. The fourth-order valence-corrected chi connectivity index (χ4v) is 4.00. The Bertz CT molecular complexity index is 1020. The summed E-state index contributed by atoms with van der Waals surface area (Å²) in [6, 6.07) is 10.4. The summed E-state index contributed by atoms with van der Waals surface area (Å²) in [5.41, 5.74) is 2.75. The van der Waals surface area contributed by atoms with Gasteiger partial charge in [-0.05, 0) is 53.8 Å². The van der Waals surface area contributed by atoms with E-state index in [2.05, 4.69) is 67.4 Å². The molecule has 224 valence electrons. The van der Waals surface area contributed by atoms with E-state index >= 15 is 0 Å². The highest BCUT2D eigenvalue weighted by Crippen LogP contribution is 2.24. The molecule has 1 saturated heterocycles. The standard InChI is InChI=1S/C17H17Cl2FN2O.C8H17N3O.C5H12/c1-11(12-3-2-4-14(18)5-12)8-21-9-13-6-16(20)15(19)7-17(13)22-10-23;1-10-4-6-11(7-5-10)3-2-9-8-12;1-5(2,3)4/h2-7,10-11,21H,8-9H2,1H3,(H,22,23);8H,2-7H2,1H3,(H,9,12);1-4H3. The van der Waals surface area contributed by atoms with E-state index in [-0.39, 0.29) is 10.9 Å². The minimum Gasteiger partial charge on any atom is -0.357 e. The summed E-state index contributed by atoms with van der Waals surface area (Å²) in [7, 11) is 2.14. The fourth-order valence-electron chi connectivity index (χ4n) is 3.64. The van der Waals surface area contributed by atoms with E-state index in [1.165, 1.54) is 12.1 Å². The van der Waals surface area contributed by atoms with Crippen LogP contribution >= 0.6 is 23.2 Å². The first-order valence-electron chi connectivity index (χ1n) is 13.6. The molecule has 1 atom stereocenters. The molecule has 3 rings (SSSR count). The summed E-state index contributed by atoms with van der Waals surface area (Å²) in [6.45, 7) is 18.2. The molecule has 0 radical (unpaired) electrons. The van der Waals surface area contributed by atoms with Gasteiger partial charge in [-0.1, -0.05) is 70.0 Å². The topological polar surface area (TPSA) is 76.7 Å². The van der Waals surface area contributed by atoms with Gasteiger partial charge in [0.25, 0.3) is 0 Å². The molecule has 0 bridgehead atoms. The number of piperazine rings is 1. The van der Waals surface area contributed by atoms with E-state index in [0.29, 0.717) is 41.2 Å². The van der Waals surface area contributed by atoms with Crippen molar-refractivity contribution in [2.75, 3.05) is 58.2 Å². The minimum atomic E-state index is -0.511. The second-order valence-corrected chi connectivity index (χ2v) is 12.3. The summed E-state index contributed by atoms with van der Waals surface area (Å²) in [4.78, 5) is 25.3. The van der Waals surface area contributed by atoms with Crippen molar-refractivity contribution in [3.63, 3.8) is 0 Å². The van der Waals surface area contributed by atoms with Gasteiger partial charge in [0.1, 0.15) is 5.82 Å². The van der Waals surface area contributed by atoms with Crippen molar-refractivity contribution in [3.05, 3.63) is 63.4 Å². The van der Waals surface area contributed by atoms with Gasteiger partial charge in [0.05, 0.1) is 5.02 Å². The van der Waals surface area contributed by atoms with Crippen molar-refractivity contribution >= 4 is 41.7 Å². The molecule has 2 aromatic rings. The lowest BCUT2D eigenvalue weighted by molar-refractivity contribution is -0.109. The Hall–Kier alpha value is -2.23. The largest absolute Gasteiger partial charge is 0.357 e. The van der Waals surface area contributed by atoms with Crippen LogP contribution in [0.3, 0.4) is 0 Å². The average molecular weight is 599 g/mol. The number of carbonyl (C=O) groups excluding carboxylic acids is 2. The van der Waals surface area contributed by atoms with E-state index in [0.717, 1.165) is 51.2 Å². The highest BCUT2D eigenvalue weighted by atomic mass is 35.5. The number of nitrogens with zero attached hydrogens (tertiary/aromatic N) is 2. The molecule has 2 aromatic carbocycles. The van der Waals surface area contributed by atoms with Gasteiger partial charge in [-0.3, -0.25) is 14.5 Å². The lowest BCUT2D eigenvalue weighted by Gasteiger charge is -2.32. The van der Waals surface area contributed by atoms with Crippen LogP contribution in [0.4, 0.5) is 10.1 Å². The highest BCUT2D eigenvalue weighted by Gasteiger charge is 2.12. The average Bonchev–Trinajstić information content (AvgIpc) is 2.88. The third-order valence-corrected chi connectivity index (χ3v) is 6.32. The van der Waals surface area contributed by atoms with E-state index in [1.807, 2.05) is 24.3 Å². The van der Waals surface area contributed by atoms with Crippen LogP contribution in [0.5, 0.6) is 0 Å². The van der Waals surface area contributed by atoms with Crippen LogP contribution in [0.1, 0.15) is 51.7 Å².